The molecule has 0 atom stereocenters. The number of rotatable bonds is 2. The summed E-state index contributed by atoms with van der Waals surface area (Å²) in [4.78, 5) is 3.46. The van der Waals surface area contributed by atoms with Crippen LogP contribution in [-0.2, 0) is 9.84 Å². The average Bonchev–Trinajstić information content (AvgIpc) is 2.73. The third-order valence-electron chi connectivity index (χ3n) is 3.17. The second kappa shape index (κ2) is 5.22. The van der Waals surface area contributed by atoms with Gasteiger partial charge >= 0.3 is 0 Å². The molecule has 0 aliphatic carbocycles. The van der Waals surface area contributed by atoms with E-state index in [0.717, 1.165) is 20.3 Å². The van der Waals surface area contributed by atoms with Gasteiger partial charge in [0.05, 0.1) is 15.9 Å². The first-order valence-electron chi connectivity index (χ1n) is 6.07. The van der Waals surface area contributed by atoms with Crippen LogP contribution >= 0.6 is 34.8 Å². The maximum Gasteiger partial charge on any atom is 0.182 e. The highest BCUT2D eigenvalue weighted by molar-refractivity contribution is 14.1. The van der Waals surface area contributed by atoms with Gasteiger partial charge in [-0.1, -0.05) is 0 Å². The number of nitrogens with one attached hydrogen (secondary N) is 1. The van der Waals surface area contributed by atoms with E-state index < -0.39 is 9.84 Å². The van der Waals surface area contributed by atoms with Gasteiger partial charge in [-0.2, -0.15) is 0 Å². The summed E-state index contributed by atoms with van der Waals surface area (Å²) in [6, 6.07) is 12.7. The largest absolute Gasteiger partial charge is 0.330 e. The molecule has 0 fully saturated rings. The van der Waals surface area contributed by atoms with E-state index in [1.54, 1.807) is 24.3 Å². The van der Waals surface area contributed by atoms with Crippen molar-refractivity contribution in [3.8, 4) is 5.69 Å². The number of nitrogens with zero attached hydrogens (tertiary/aromatic N) is 1. The van der Waals surface area contributed by atoms with Crippen LogP contribution in [0.4, 0.5) is 0 Å². The van der Waals surface area contributed by atoms with E-state index in [-0.39, 0.29) is 0 Å². The summed E-state index contributed by atoms with van der Waals surface area (Å²) in [6.07, 6.45) is 1.20. The fourth-order valence-electron chi connectivity index (χ4n) is 2.18. The fraction of sp³-hybridized carbons (Fsp3) is 0.0714. The molecule has 7 heteroatoms. The number of aromatic amines is 1. The number of hydrogen-bond donors (Lipinski definition) is 1. The molecule has 0 aliphatic heterocycles. The molecule has 0 amide bonds. The molecule has 0 spiro atoms. The predicted octanol–water partition coefficient (Wildman–Crippen LogP) is 3.70. The van der Waals surface area contributed by atoms with Crippen molar-refractivity contribution in [1.29, 1.82) is 0 Å². The predicted molar refractivity (Wildman–Crippen MR) is 94.3 cm³/mol. The summed E-state index contributed by atoms with van der Waals surface area (Å²) in [5, 5.41) is 0. The van der Waals surface area contributed by atoms with Crippen LogP contribution in [0.1, 0.15) is 0 Å². The lowest BCUT2D eigenvalue weighted by atomic mass is 10.3. The number of H-pyrrole nitrogens is 1. The van der Waals surface area contributed by atoms with Crippen LogP contribution in [0.25, 0.3) is 16.7 Å². The standard InChI is InChI=1S/C14H11IN2O2S2/c1-21(18,19)11-5-3-10(4-6-11)17-13-7-2-9(15)8-12(13)16-14(17)20/h2-8H,1H3,(H,16,20). The summed E-state index contributed by atoms with van der Waals surface area (Å²) >= 11 is 7.62. The summed E-state index contributed by atoms with van der Waals surface area (Å²) in [7, 11) is -3.19. The Balaban J connectivity index is 2.21. The summed E-state index contributed by atoms with van der Waals surface area (Å²) in [5.74, 6) is 0. The smallest absolute Gasteiger partial charge is 0.182 e. The molecule has 4 nitrogen and oxygen atoms in total. The highest BCUT2D eigenvalue weighted by Crippen LogP contribution is 2.22. The Morgan fingerprint density at radius 2 is 1.81 bits per heavy atom. The van der Waals surface area contributed by atoms with Gasteiger partial charge < -0.3 is 4.98 Å². The lowest BCUT2D eigenvalue weighted by molar-refractivity contribution is 0.602. The van der Waals surface area contributed by atoms with Crippen molar-refractivity contribution in [2.45, 2.75) is 4.90 Å². The lowest BCUT2D eigenvalue weighted by Crippen LogP contribution is -1.99. The summed E-state index contributed by atoms with van der Waals surface area (Å²) < 4.78 is 26.6. The van der Waals surface area contributed by atoms with Gasteiger partial charge in [0.2, 0.25) is 0 Å². The Kier molecular flexibility index (Phi) is 3.66. The average molecular weight is 430 g/mol. The van der Waals surface area contributed by atoms with Crippen molar-refractivity contribution in [2.75, 3.05) is 6.26 Å². The normalized spacial score (nSPS) is 11.9. The van der Waals surface area contributed by atoms with Gasteiger partial charge in [0.15, 0.2) is 14.6 Å². The van der Waals surface area contributed by atoms with E-state index >= 15 is 0 Å². The second-order valence-electron chi connectivity index (χ2n) is 4.69. The van der Waals surface area contributed by atoms with Gasteiger partial charge in [-0.25, -0.2) is 8.42 Å². The summed E-state index contributed by atoms with van der Waals surface area (Å²) in [6.45, 7) is 0. The number of imidazole rings is 1. The zero-order chi connectivity index (χ0) is 15.2. The monoisotopic (exact) mass is 430 g/mol. The van der Waals surface area contributed by atoms with Crippen molar-refractivity contribution in [1.82, 2.24) is 9.55 Å². The topological polar surface area (TPSA) is 54.9 Å². The zero-order valence-corrected chi connectivity index (χ0v) is 14.8. The van der Waals surface area contributed by atoms with Gasteiger partial charge in [-0.15, -0.1) is 0 Å². The van der Waals surface area contributed by atoms with Crippen LogP contribution in [0.2, 0.25) is 0 Å². The van der Waals surface area contributed by atoms with Crippen molar-refractivity contribution in [2.24, 2.45) is 0 Å². The molecule has 1 N–H and O–H groups in total. The first-order chi connectivity index (χ1) is 9.86. The van der Waals surface area contributed by atoms with Gasteiger partial charge in [0, 0.05) is 15.5 Å². The fourth-order valence-corrected chi connectivity index (χ4v) is 3.62. The van der Waals surface area contributed by atoms with Crippen molar-refractivity contribution >= 4 is 55.7 Å². The molecule has 108 valence electrons. The molecular weight excluding hydrogens is 419 g/mol. The SMILES string of the molecule is CS(=O)(=O)c1ccc(-n2c(=S)[nH]c3cc(I)ccc32)cc1. The lowest BCUT2D eigenvalue weighted by Gasteiger charge is -2.06. The maximum atomic E-state index is 11.5. The Morgan fingerprint density at radius 3 is 2.43 bits per heavy atom. The highest BCUT2D eigenvalue weighted by atomic mass is 127. The molecule has 0 radical (unpaired) electrons. The third kappa shape index (κ3) is 2.77. The van der Waals surface area contributed by atoms with Crippen molar-refractivity contribution in [3.63, 3.8) is 0 Å². The first kappa shape index (κ1) is 14.7. The molecular formula is C14H11IN2O2S2. The van der Waals surface area contributed by atoms with Crippen molar-refractivity contribution in [3.05, 3.63) is 50.8 Å². The molecule has 0 saturated heterocycles. The second-order valence-corrected chi connectivity index (χ2v) is 8.34. The van der Waals surface area contributed by atoms with Crippen LogP contribution in [-0.4, -0.2) is 24.2 Å². The van der Waals surface area contributed by atoms with E-state index in [1.807, 2.05) is 22.8 Å². The molecule has 3 rings (SSSR count). The minimum absolute atomic E-state index is 0.298. The Labute approximate surface area is 140 Å². The molecule has 3 aromatic rings. The minimum atomic E-state index is -3.19. The number of halogens is 1. The first-order valence-corrected chi connectivity index (χ1v) is 9.45. The molecule has 21 heavy (non-hydrogen) atoms. The van der Waals surface area contributed by atoms with Gasteiger partial charge in [-0.05, 0) is 77.3 Å². The van der Waals surface area contributed by atoms with Gasteiger partial charge in [0.25, 0.3) is 0 Å². The molecule has 0 unspecified atom stereocenters. The molecule has 0 saturated carbocycles. The van der Waals surface area contributed by atoms with Gasteiger partial charge in [0.1, 0.15) is 0 Å². The molecule has 0 bridgehead atoms. The minimum Gasteiger partial charge on any atom is -0.330 e. The Morgan fingerprint density at radius 1 is 1.14 bits per heavy atom. The van der Waals surface area contributed by atoms with E-state index in [0.29, 0.717) is 9.67 Å². The van der Waals surface area contributed by atoms with Crippen LogP contribution in [0, 0.1) is 8.34 Å². The molecule has 1 aromatic heterocycles. The quantitative estimate of drug-likeness (QED) is 0.499. The van der Waals surface area contributed by atoms with E-state index in [1.165, 1.54) is 6.26 Å². The number of sulfone groups is 1. The molecule has 1 heterocycles. The summed E-state index contributed by atoms with van der Waals surface area (Å²) in [5.41, 5.74) is 2.76. The van der Waals surface area contributed by atoms with Crippen LogP contribution in [0.5, 0.6) is 0 Å². The van der Waals surface area contributed by atoms with E-state index in [2.05, 4.69) is 27.6 Å². The Hall–Kier alpha value is -1.19. The number of aromatic nitrogens is 2. The number of fused-ring (bicyclic) bond motifs is 1. The highest BCUT2D eigenvalue weighted by Gasteiger charge is 2.10. The van der Waals surface area contributed by atoms with Crippen molar-refractivity contribution < 1.29 is 8.42 Å². The van der Waals surface area contributed by atoms with E-state index in [9.17, 15) is 8.42 Å². The van der Waals surface area contributed by atoms with Crippen LogP contribution < -0.4 is 0 Å². The van der Waals surface area contributed by atoms with Crippen LogP contribution in [0.3, 0.4) is 0 Å². The van der Waals surface area contributed by atoms with E-state index in [4.69, 9.17) is 12.2 Å². The zero-order valence-electron chi connectivity index (χ0n) is 11.0. The molecule has 2 aromatic carbocycles. The number of benzene rings is 2. The maximum absolute atomic E-state index is 11.5. The third-order valence-corrected chi connectivity index (χ3v) is 5.25. The van der Waals surface area contributed by atoms with Gasteiger partial charge in [-0.3, -0.25) is 4.57 Å². The molecule has 0 aliphatic rings. The number of hydrogen-bond acceptors (Lipinski definition) is 3. The van der Waals surface area contributed by atoms with Crippen LogP contribution in [0.15, 0.2) is 47.4 Å². The Bertz CT molecular complexity index is 986.